The average Bonchev–Trinajstić information content (AvgIpc) is 3.84. The third-order valence-electron chi connectivity index (χ3n) is 10.4. The van der Waals surface area contributed by atoms with Gasteiger partial charge in [-0.15, -0.1) is 0 Å². The molecule has 0 N–H and O–H groups in total. The van der Waals surface area contributed by atoms with Crippen LogP contribution in [-0.4, -0.2) is 9.13 Å². The Morgan fingerprint density at radius 2 is 1.19 bits per heavy atom. The standard InChI is InChI=1S/C43H28N2O2/c1-44-36-17-15-25(19-30(36)32-21-34-28-11-5-7-13-40(28)46-42(34)23-38(32)44)26-16-18-37-31(20-26)33-22-35-29-12-6-8-14-41(29)47-43(35)24-39(33)45(37)27-9-3-2-4-10-27/h2-5,7-11,13-24H,6,12H2,1H3. The number of para-hydroxylation sites is 2. The summed E-state index contributed by atoms with van der Waals surface area (Å²) in [7, 11) is 2.15. The van der Waals surface area contributed by atoms with E-state index in [2.05, 4.69) is 131 Å². The zero-order chi connectivity index (χ0) is 30.8. The van der Waals surface area contributed by atoms with Gasteiger partial charge in [-0.2, -0.15) is 0 Å². The Labute approximate surface area is 269 Å². The van der Waals surface area contributed by atoms with Gasteiger partial charge in [0, 0.05) is 73.7 Å². The van der Waals surface area contributed by atoms with E-state index in [1.54, 1.807) is 0 Å². The first-order valence-corrected chi connectivity index (χ1v) is 16.3. The van der Waals surface area contributed by atoms with E-state index in [9.17, 15) is 0 Å². The molecule has 1 aliphatic carbocycles. The first-order valence-electron chi connectivity index (χ1n) is 16.3. The maximum Gasteiger partial charge on any atom is 0.137 e. The van der Waals surface area contributed by atoms with Crippen LogP contribution in [0.15, 0.2) is 130 Å². The summed E-state index contributed by atoms with van der Waals surface area (Å²) in [5, 5.41) is 8.52. The Hall–Kier alpha value is -6.00. The number of hydrogen-bond acceptors (Lipinski definition) is 2. The van der Waals surface area contributed by atoms with Crippen molar-refractivity contribution in [3.63, 3.8) is 0 Å². The van der Waals surface area contributed by atoms with Gasteiger partial charge in [0.2, 0.25) is 0 Å². The molecule has 222 valence electrons. The minimum absolute atomic E-state index is 0.925. The quantitative estimate of drug-likeness (QED) is 0.197. The number of benzene rings is 6. The van der Waals surface area contributed by atoms with Crippen LogP contribution in [-0.2, 0) is 13.5 Å². The second-order valence-electron chi connectivity index (χ2n) is 12.9. The maximum atomic E-state index is 6.39. The maximum absolute atomic E-state index is 6.39. The van der Waals surface area contributed by atoms with Gasteiger partial charge in [0.05, 0.1) is 16.6 Å². The van der Waals surface area contributed by atoms with Gasteiger partial charge in [-0.3, -0.25) is 0 Å². The molecular formula is C43H28N2O2. The average molecular weight is 605 g/mol. The lowest BCUT2D eigenvalue weighted by atomic mass is 9.98. The minimum atomic E-state index is 0.925. The summed E-state index contributed by atoms with van der Waals surface area (Å²) in [6.07, 6.45) is 6.41. The number of aryl methyl sites for hydroxylation is 2. The van der Waals surface area contributed by atoms with Crippen LogP contribution < -0.4 is 0 Å². The van der Waals surface area contributed by atoms with Crippen molar-refractivity contribution in [2.75, 3.05) is 0 Å². The van der Waals surface area contributed by atoms with Crippen molar-refractivity contribution in [2.45, 2.75) is 12.8 Å². The summed E-state index contributed by atoms with van der Waals surface area (Å²) in [4.78, 5) is 0. The van der Waals surface area contributed by atoms with Crippen LogP contribution in [0.5, 0.6) is 0 Å². The number of fused-ring (bicyclic) bond motifs is 12. The Morgan fingerprint density at radius 3 is 2.06 bits per heavy atom. The highest BCUT2D eigenvalue weighted by Gasteiger charge is 2.20. The Morgan fingerprint density at radius 1 is 0.511 bits per heavy atom. The molecule has 1 aliphatic rings. The van der Waals surface area contributed by atoms with Gasteiger partial charge >= 0.3 is 0 Å². The number of aromatic nitrogens is 2. The summed E-state index contributed by atoms with van der Waals surface area (Å²) in [6, 6.07) is 41.9. The SMILES string of the molecule is Cn1c2ccc(-c3ccc4c(c3)c3cc5c6c(oc5cc3n4-c3ccccc3)C=CCC6)cc2c2cc3c(cc21)oc1ccccc13. The van der Waals surface area contributed by atoms with Gasteiger partial charge < -0.3 is 18.0 Å². The fourth-order valence-corrected chi connectivity index (χ4v) is 8.13. The van der Waals surface area contributed by atoms with Crippen LogP contribution in [0.3, 0.4) is 0 Å². The Kier molecular flexibility index (Phi) is 4.86. The van der Waals surface area contributed by atoms with E-state index in [-0.39, 0.29) is 0 Å². The molecule has 11 rings (SSSR count). The van der Waals surface area contributed by atoms with E-state index in [0.29, 0.717) is 0 Å². The molecule has 0 saturated carbocycles. The summed E-state index contributed by atoms with van der Waals surface area (Å²) < 4.78 is 17.3. The first kappa shape index (κ1) is 25.2. The second kappa shape index (κ2) is 9.05. The van der Waals surface area contributed by atoms with Crippen molar-refractivity contribution in [3.05, 3.63) is 133 Å². The summed E-state index contributed by atoms with van der Waals surface area (Å²) in [5.41, 5.74) is 12.4. The topological polar surface area (TPSA) is 36.1 Å². The largest absolute Gasteiger partial charge is 0.456 e. The molecule has 0 radical (unpaired) electrons. The zero-order valence-corrected chi connectivity index (χ0v) is 25.7. The number of nitrogens with zero attached hydrogens (tertiary/aromatic N) is 2. The van der Waals surface area contributed by atoms with Crippen LogP contribution in [0.4, 0.5) is 0 Å². The predicted molar refractivity (Wildman–Crippen MR) is 195 cm³/mol. The molecule has 4 heteroatoms. The highest BCUT2D eigenvalue weighted by atomic mass is 16.3. The molecule has 0 fully saturated rings. The highest BCUT2D eigenvalue weighted by Crippen LogP contribution is 2.42. The molecule has 4 heterocycles. The highest BCUT2D eigenvalue weighted by molar-refractivity contribution is 6.18. The Bertz CT molecular complexity index is 2960. The van der Waals surface area contributed by atoms with Crippen LogP contribution >= 0.6 is 0 Å². The molecular weight excluding hydrogens is 576 g/mol. The third-order valence-corrected chi connectivity index (χ3v) is 10.4. The van der Waals surface area contributed by atoms with Gasteiger partial charge in [0.1, 0.15) is 22.5 Å². The zero-order valence-electron chi connectivity index (χ0n) is 25.7. The minimum Gasteiger partial charge on any atom is -0.456 e. The fourth-order valence-electron chi connectivity index (χ4n) is 8.13. The summed E-state index contributed by atoms with van der Waals surface area (Å²) in [5.74, 6) is 0.999. The Balaban J connectivity index is 1.16. The lowest BCUT2D eigenvalue weighted by Crippen LogP contribution is -1.93. The lowest BCUT2D eigenvalue weighted by Gasteiger charge is -2.08. The smallest absolute Gasteiger partial charge is 0.137 e. The number of hydrogen-bond donors (Lipinski definition) is 0. The predicted octanol–water partition coefficient (Wildman–Crippen LogP) is 11.7. The summed E-state index contributed by atoms with van der Waals surface area (Å²) >= 11 is 0. The van der Waals surface area contributed by atoms with Crippen LogP contribution in [0.2, 0.25) is 0 Å². The van der Waals surface area contributed by atoms with Gasteiger partial charge in [0.15, 0.2) is 0 Å². The molecule has 47 heavy (non-hydrogen) atoms. The monoisotopic (exact) mass is 604 g/mol. The van der Waals surface area contributed by atoms with Crippen LogP contribution in [0.1, 0.15) is 17.7 Å². The van der Waals surface area contributed by atoms with Crippen molar-refractivity contribution in [2.24, 2.45) is 7.05 Å². The van der Waals surface area contributed by atoms with Crippen molar-refractivity contribution in [1.29, 1.82) is 0 Å². The first-order chi connectivity index (χ1) is 23.2. The molecule has 6 aromatic carbocycles. The van der Waals surface area contributed by atoms with Crippen molar-refractivity contribution >= 4 is 82.6 Å². The number of furan rings is 2. The number of allylic oxidation sites excluding steroid dienone is 1. The number of rotatable bonds is 2. The van der Waals surface area contributed by atoms with Crippen molar-refractivity contribution in [1.82, 2.24) is 9.13 Å². The molecule has 4 aromatic heterocycles. The van der Waals surface area contributed by atoms with Crippen molar-refractivity contribution < 1.29 is 8.83 Å². The van der Waals surface area contributed by atoms with E-state index >= 15 is 0 Å². The van der Waals surface area contributed by atoms with Gasteiger partial charge in [0.25, 0.3) is 0 Å². The van der Waals surface area contributed by atoms with Gasteiger partial charge in [-0.1, -0.05) is 54.6 Å². The van der Waals surface area contributed by atoms with Crippen molar-refractivity contribution in [3.8, 4) is 16.8 Å². The lowest BCUT2D eigenvalue weighted by molar-refractivity contribution is 0.595. The molecule has 0 spiro atoms. The van der Waals surface area contributed by atoms with Gasteiger partial charge in [-0.25, -0.2) is 0 Å². The molecule has 0 aliphatic heterocycles. The van der Waals surface area contributed by atoms with Gasteiger partial charge in [-0.05, 0) is 84.6 Å². The molecule has 10 aromatic rings. The van der Waals surface area contributed by atoms with E-state index in [0.717, 1.165) is 57.3 Å². The fraction of sp³-hybridized carbons (Fsp3) is 0.0698. The second-order valence-corrected chi connectivity index (χ2v) is 12.9. The molecule has 0 saturated heterocycles. The van der Waals surface area contributed by atoms with Crippen LogP contribution in [0, 0.1) is 0 Å². The summed E-state index contributed by atoms with van der Waals surface area (Å²) in [6.45, 7) is 0. The van der Waals surface area contributed by atoms with E-state index in [4.69, 9.17) is 8.83 Å². The molecule has 4 nitrogen and oxygen atoms in total. The van der Waals surface area contributed by atoms with E-state index in [1.165, 1.54) is 60.2 Å². The third kappa shape index (κ3) is 3.42. The van der Waals surface area contributed by atoms with E-state index in [1.807, 2.05) is 12.1 Å². The van der Waals surface area contributed by atoms with E-state index < -0.39 is 0 Å². The van der Waals surface area contributed by atoms with Crippen LogP contribution in [0.25, 0.3) is 99.4 Å². The molecule has 0 amide bonds. The molecule has 0 unspecified atom stereocenters. The normalized spacial score (nSPS) is 13.4. The molecule has 0 bridgehead atoms. The molecule has 0 atom stereocenters.